The maximum atomic E-state index is 14.4. The van der Waals surface area contributed by atoms with Gasteiger partial charge in [0, 0.05) is 28.2 Å². The predicted octanol–water partition coefficient (Wildman–Crippen LogP) is 4.42. The van der Waals surface area contributed by atoms with Crippen LogP contribution in [0.15, 0.2) is 41.3 Å². The van der Waals surface area contributed by atoms with Crippen molar-refractivity contribution in [3.8, 4) is 0 Å². The molecule has 21 heavy (non-hydrogen) atoms. The Bertz CT molecular complexity index is 672. The summed E-state index contributed by atoms with van der Waals surface area (Å²) in [6.45, 7) is 1.67. The van der Waals surface area contributed by atoms with Crippen molar-refractivity contribution in [2.45, 2.75) is 23.8 Å². The van der Waals surface area contributed by atoms with Gasteiger partial charge in [-0.15, -0.1) is 11.8 Å². The van der Waals surface area contributed by atoms with Gasteiger partial charge in [-0.05, 0) is 37.2 Å². The third kappa shape index (κ3) is 2.47. The van der Waals surface area contributed by atoms with Gasteiger partial charge in [-0.2, -0.15) is 0 Å². The van der Waals surface area contributed by atoms with Crippen molar-refractivity contribution in [3.63, 3.8) is 0 Å². The fourth-order valence-electron chi connectivity index (χ4n) is 2.97. The molecule has 3 rings (SSSR count). The molecule has 0 saturated carbocycles. The summed E-state index contributed by atoms with van der Waals surface area (Å²) in [6, 6.07) is 10.6. The summed E-state index contributed by atoms with van der Waals surface area (Å²) in [6.07, 6.45) is 0. The van der Waals surface area contributed by atoms with Crippen molar-refractivity contribution in [2.75, 3.05) is 12.8 Å². The Morgan fingerprint density at radius 3 is 2.71 bits per heavy atom. The molecule has 110 valence electrons. The second kappa shape index (κ2) is 5.78. The molecule has 2 atom stereocenters. The molecule has 2 aromatic rings. The molecule has 1 nitrogen and oxygen atoms in total. The third-order valence-electron chi connectivity index (χ3n) is 4.08. The van der Waals surface area contributed by atoms with E-state index in [1.807, 2.05) is 12.1 Å². The maximum absolute atomic E-state index is 14.4. The van der Waals surface area contributed by atoms with Crippen LogP contribution in [0.3, 0.4) is 0 Å². The molecular weight excluding hydrogens is 288 g/mol. The molecule has 0 fully saturated rings. The number of halogens is 2. The average molecular weight is 305 g/mol. The summed E-state index contributed by atoms with van der Waals surface area (Å²) in [4.78, 5) is 1.20. The van der Waals surface area contributed by atoms with Crippen LogP contribution in [0.5, 0.6) is 0 Å². The Morgan fingerprint density at radius 2 is 1.95 bits per heavy atom. The van der Waals surface area contributed by atoms with E-state index in [9.17, 15) is 8.78 Å². The van der Waals surface area contributed by atoms with Gasteiger partial charge in [0.15, 0.2) is 0 Å². The highest BCUT2D eigenvalue weighted by Gasteiger charge is 2.33. The fraction of sp³-hybridized carbons (Fsp3) is 0.294. The topological polar surface area (TPSA) is 12.0 Å². The van der Waals surface area contributed by atoms with E-state index in [2.05, 4.69) is 17.4 Å². The van der Waals surface area contributed by atoms with E-state index in [1.165, 1.54) is 22.6 Å². The SMILES string of the molecule is CNC(c1c(F)ccc(C)c1F)C1CSc2ccccc21. The second-order valence-corrected chi connectivity index (χ2v) is 6.38. The first-order valence-corrected chi connectivity index (χ1v) is 7.95. The minimum Gasteiger partial charge on any atom is -0.312 e. The molecule has 1 N–H and O–H groups in total. The number of nitrogens with one attached hydrogen (secondary N) is 1. The molecule has 0 amide bonds. The van der Waals surface area contributed by atoms with E-state index in [0.29, 0.717) is 5.56 Å². The van der Waals surface area contributed by atoms with Crippen molar-refractivity contribution >= 4 is 11.8 Å². The van der Waals surface area contributed by atoms with Gasteiger partial charge >= 0.3 is 0 Å². The van der Waals surface area contributed by atoms with Crippen molar-refractivity contribution in [2.24, 2.45) is 0 Å². The van der Waals surface area contributed by atoms with Crippen LogP contribution in [0.2, 0.25) is 0 Å². The smallest absolute Gasteiger partial charge is 0.133 e. The summed E-state index contributed by atoms with van der Waals surface area (Å²) >= 11 is 1.75. The van der Waals surface area contributed by atoms with Gasteiger partial charge in [0.2, 0.25) is 0 Å². The first kappa shape index (κ1) is 14.5. The number of aryl methyl sites for hydroxylation is 1. The Morgan fingerprint density at radius 1 is 1.19 bits per heavy atom. The zero-order valence-electron chi connectivity index (χ0n) is 12.0. The van der Waals surface area contributed by atoms with Gasteiger partial charge in [-0.25, -0.2) is 8.78 Å². The Labute approximate surface area is 127 Å². The average Bonchev–Trinajstić information content (AvgIpc) is 2.91. The van der Waals surface area contributed by atoms with Gasteiger partial charge in [-0.3, -0.25) is 0 Å². The molecule has 1 aliphatic heterocycles. The molecule has 1 aliphatic rings. The summed E-state index contributed by atoms with van der Waals surface area (Å²) < 4.78 is 28.7. The summed E-state index contributed by atoms with van der Waals surface area (Å²) in [5.41, 5.74) is 1.80. The fourth-order valence-corrected chi connectivity index (χ4v) is 4.27. The highest BCUT2D eigenvalue weighted by Crippen LogP contribution is 2.46. The first-order chi connectivity index (χ1) is 10.1. The van der Waals surface area contributed by atoms with E-state index >= 15 is 0 Å². The van der Waals surface area contributed by atoms with Gasteiger partial charge in [-0.1, -0.05) is 24.3 Å². The van der Waals surface area contributed by atoms with Gasteiger partial charge in [0.25, 0.3) is 0 Å². The molecule has 4 heteroatoms. The van der Waals surface area contributed by atoms with Crippen LogP contribution in [-0.4, -0.2) is 12.8 Å². The maximum Gasteiger partial charge on any atom is 0.133 e. The van der Waals surface area contributed by atoms with Crippen molar-refractivity contribution < 1.29 is 8.78 Å². The molecule has 0 aromatic heterocycles. The van der Waals surface area contributed by atoms with E-state index in [-0.39, 0.29) is 17.5 Å². The molecule has 1 heterocycles. The van der Waals surface area contributed by atoms with Crippen LogP contribution in [-0.2, 0) is 0 Å². The normalized spacial score (nSPS) is 18.6. The zero-order valence-corrected chi connectivity index (χ0v) is 12.8. The second-order valence-electron chi connectivity index (χ2n) is 5.31. The van der Waals surface area contributed by atoms with E-state index in [4.69, 9.17) is 0 Å². The number of hydrogen-bond acceptors (Lipinski definition) is 2. The summed E-state index contributed by atoms with van der Waals surface area (Å²) in [7, 11) is 1.76. The minimum absolute atomic E-state index is 0.0713. The monoisotopic (exact) mass is 305 g/mol. The molecule has 2 aromatic carbocycles. The van der Waals surface area contributed by atoms with Crippen molar-refractivity contribution in [1.82, 2.24) is 5.32 Å². The lowest BCUT2D eigenvalue weighted by Gasteiger charge is -2.25. The lowest BCUT2D eigenvalue weighted by Crippen LogP contribution is -2.26. The van der Waals surface area contributed by atoms with Crippen molar-refractivity contribution in [3.05, 3.63) is 64.7 Å². The molecule has 0 saturated heterocycles. The Hall–Kier alpha value is -1.39. The predicted molar refractivity (Wildman–Crippen MR) is 82.8 cm³/mol. The number of likely N-dealkylation sites (N-methyl/N-ethyl adjacent to an activating group) is 1. The number of hydrogen-bond donors (Lipinski definition) is 1. The Balaban J connectivity index is 2.07. The number of rotatable bonds is 3. The Kier molecular flexibility index (Phi) is 4.00. The lowest BCUT2D eigenvalue weighted by molar-refractivity contribution is 0.449. The standard InChI is InChI=1S/C17H17F2NS/c1-10-7-8-13(18)15(16(10)19)17(20-2)12-9-21-14-6-4-3-5-11(12)14/h3-8,12,17,20H,9H2,1-2H3. The number of fused-ring (bicyclic) bond motifs is 1. The molecule has 0 aliphatic carbocycles. The van der Waals surface area contributed by atoms with E-state index < -0.39 is 11.6 Å². The van der Waals surface area contributed by atoms with Crippen molar-refractivity contribution in [1.29, 1.82) is 0 Å². The molecule has 2 unspecified atom stereocenters. The van der Waals surface area contributed by atoms with Crippen LogP contribution in [0.4, 0.5) is 8.78 Å². The third-order valence-corrected chi connectivity index (χ3v) is 5.29. The lowest BCUT2D eigenvalue weighted by atomic mass is 9.87. The highest BCUT2D eigenvalue weighted by atomic mass is 32.2. The molecule has 0 spiro atoms. The zero-order chi connectivity index (χ0) is 15.0. The van der Waals surface area contributed by atoms with Gasteiger partial charge in [0.1, 0.15) is 11.6 Å². The van der Waals surface area contributed by atoms with Gasteiger partial charge < -0.3 is 5.32 Å². The highest BCUT2D eigenvalue weighted by molar-refractivity contribution is 7.99. The molecule has 0 bridgehead atoms. The summed E-state index contributed by atoms with van der Waals surface area (Å²) in [5.74, 6) is -0.0185. The van der Waals surface area contributed by atoms with Gasteiger partial charge in [0.05, 0.1) is 0 Å². The van der Waals surface area contributed by atoms with E-state index in [1.54, 1.807) is 25.7 Å². The van der Waals surface area contributed by atoms with Crippen LogP contribution >= 0.6 is 11.8 Å². The van der Waals surface area contributed by atoms with Crippen LogP contribution < -0.4 is 5.32 Å². The van der Waals surface area contributed by atoms with Crippen LogP contribution in [0, 0.1) is 18.6 Å². The molecule has 0 radical (unpaired) electrons. The minimum atomic E-state index is -0.480. The largest absolute Gasteiger partial charge is 0.312 e. The summed E-state index contributed by atoms with van der Waals surface area (Å²) in [5, 5.41) is 3.12. The van der Waals surface area contributed by atoms with E-state index in [0.717, 1.165) is 5.75 Å². The van der Waals surface area contributed by atoms with Crippen LogP contribution in [0.1, 0.15) is 28.7 Å². The first-order valence-electron chi connectivity index (χ1n) is 6.97. The van der Waals surface area contributed by atoms with Crippen LogP contribution in [0.25, 0.3) is 0 Å². The number of benzene rings is 2. The quantitative estimate of drug-likeness (QED) is 0.900. The molecular formula is C17H17F2NS. The number of thioether (sulfide) groups is 1.